The molecule has 7 nitrogen and oxygen atoms in total. The van der Waals surface area contributed by atoms with Crippen molar-refractivity contribution in [3.05, 3.63) is 29.7 Å². The van der Waals surface area contributed by atoms with E-state index in [2.05, 4.69) is 28.6 Å². The highest BCUT2D eigenvalue weighted by Crippen LogP contribution is 2.32. The molecule has 132 valence electrons. The van der Waals surface area contributed by atoms with Crippen LogP contribution in [0.5, 0.6) is 0 Å². The highest BCUT2D eigenvalue weighted by molar-refractivity contribution is 7.89. The van der Waals surface area contributed by atoms with E-state index in [1.807, 2.05) is 6.20 Å². The summed E-state index contributed by atoms with van der Waals surface area (Å²) in [4.78, 5) is 4.69. The molecule has 3 heterocycles. The second kappa shape index (κ2) is 6.33. The first kappa shape index (κ1) is 17.2. The third kappa shape index (κ3) is 2.88. The lowest BCUT2D eigenvalue weighted by Gasteiger charge is -2.32. The molecule has 0 aromatic carbocycles. The monoisotopic (exact) mass is 352 g/mol. The number of piperidine rings is 1. The Morgan fingerprint density at radius 3 is 2.71 bits per heavy atom. The van der Waals surface area contributed by atoms with Crippen LogP contribution in [0.15, 0.2) is 21.8 Å². The van der Waals surface area contributed by atoms with E-state index in [9.17, 15) is 8.42 Å². The Kier molecular flexibility index (Phi) is 4.52. The molecule has 8 heteroatoms. The van der Waals surface area contributed by atoms with Crippen LogP contribution in [-0.2, 0) is 10.0 Å². The fraction of sp³-hybridized carbons (Fsp3) is 0.625. The maximum Gasteiger partial charge on any atom is 0.248 e. The minimum absolute atomic E-state index is 0.103. The lowest BCUT2D eigenvalue weighted by molar-refractivity contribution is 0.302. The Morgan fingerprint density at radius 1 is 1.33 bits per heavy atom. The van der Waals surface area contributed by atoms with Gasteiger partial charge in [-0.05, 0) is 40.5 Å². The number of nitrogens with zero attached hydrogens (tertiary/aromatic N) is 4. The van der Waals surface area contributed by atoms with Crippen molar-refractivity contribution >= 4 is 10.0 Å². The minimum Gasteiger partial charge on any atom is -0.360 e. The summed E-state index contributed by atoms with van der Waals surface area (Å²) in [6, 6.07) is 0.303. The molecule has 2 aromatic rings. The summed E-state index contributed by atoms with van der Waals surface area (Å²) in [5.74, 6) is 1.41. The Balaban J connectivity index is 1.90. The molecule has 0 unspecified atom stereocenters. The Hall–Kier alpha value is -1.67. The number of hydrogen-bond donors (Lipinski definition) is 0. The summed E-state index contributed by atoms with van der Waals surface area (Å²) < 4.78 is 34.8. The molecule has 0 spiro atoms. The maximum atomic E-state index is 13.0. The standard InChI is InChI=1S/C16H24N4O3S/c1-11(2)20-9-7-17-16(20)14-6-5-8-19(10-14)24(21,22)15-12(3)18-23-13(15)4/h7,9,11,14H,5-6,8,10H2,1-4H3/t14-/m0/s1. The Morgan fingerprint density at radius 2 is 2.08 bits per heavy atom. The molecule has 0 aliphatic carbocycles. The lowest BCUT2D eigenvalue weighted by Crippen LogP contribution is -2.40. The molecule has 1 saturated heterocycles. The first-order valence-corrected chi connectivity index (χ1v) is 9.72. The third-order valence-electron chi connectivity index (χ3n) is 4.57. The van der Waals surface area contributed by atoms with Gasteiger partial charge in [-0.15, -0.1) is 0 Å². The highest BCUT2D eigenvalue weighted by atomic mass is 32.2. The summed E-state index contributed by atoms with van der Waals surface area (Å²) in [6.45, 7) is 8.47. The van der Waals surface area contributed by atoms with Crippen molar-refractivity contribution < 1.29 is 12.9 Å². The minimum atomic E-state index is -3.60. The largest absolute Gasteiger partial charge is 0.360 e. The average Bonchev–Trinajstić information content (AvgIpc) is 3.14. The molecule has 1 atom stereocenters. The molecule has 0 N–H and O–H groups in total. The molecule has 3 rings (SSSR count). The zero-order valence-corrected chi connectivity index (χ0v) is 15.4. The Bertz CT molecular complexity index is 803. The number of rotatable bonds is 4. The molecule has 0 radical (unpaired) electrons. The van der Waals surface area contributed by atoms with Crippen LogP contribution in [0.25, 0.3) is 0 Å². The van der Waals surface area contributed by atoms with Crippen LogP contribution in [-0.4, -0.2) is 40.5 Å². The predicted molar refractivity (Wildman–Crippen MR) is 89.3 cm³/mol. The quantitative estimate of drug-likeness (QED) is 0.845. The van der Waals surface area contributed by atoms with Gasteiger partial charge in [-0.2, -0.15) is 4.31 Å². The van der Waals surface area contributed by atoms with Crippen molar-refractivity contribution in [1.29, 1.82) is 0 Å². The summed E-state index contributed by atoms with van der Waals surface area (Å²) in [7, 11) is -3.60. The molecule has 0 saturated carbocycles. The van der Waals surface area contributed by atoms with E-state index in [0.717, 1.165) is 18.7 Å². The van der Waals surface area contributed by atoms with E-state index in [4.69, 9.17) is 4.52 Å². The summed E-state index contributed by atoms with van der Waals surface area (Å²) in [6.07, 6.45) is 5.51. The van der Waals surface area contributed by atoms with Crippen LogP contribution in [0.4, 0.5) is 0 Å². The molecule has 1 fully saturated rings. The van der Waals surface area contributed by atoms with Crippen LogP contribution in [0.3, 0.4) is 0 Å². The molecule has 0 bridgehead atoms. The second-order valence-corrected chi connectivity index (χ2v) is 8.52. The van der Waals surface area contributed by atoms with E-state index in [-0.39, 0.29) is 10.8 Å². The number of hydrogen-bond acceptors (Lipinski definition) is 5. The SMILES string of the molecule is Cc1noc(C)c1S(=O)(=O)N1CCC[C@H](c2nccn2C(C)C)C1. The van der Waals surface area contributed by atoms with E-state index >= 15 is 0 Å². The van der Waals surface area contributed by atoms with Gasteiger partial charge < -0.3 is 9.09 Å². The van der Waals surface area contributed by atoms with E-state index in [1.54, 1.807) is 24.3 Å². The highest BCUT2D eigenvalue weighted by Gasteiger charge is 2.36. The zero-order valence-electron chi connectivity index (χ0n) is 14.6. The molecular weight excluding hydrogens is 328 g/mol. The fourth-order valence-corrected chi connectivity index (χ4v) is 5.24. The lowest BCUT2D eigenvalue weighted by atomic mass is 9.98. The average molecular weight is 352 g/mol. The van der Waals surface area contributed by atoms with Gasteiger partial charge in [0.1, 0.15) is 16.4 Å². The van der Waals surface area contributed by atoms with E-state index in [0.29, 0.717) is 30.6 Å². The van der Waals surface area contributed by atoms with Gasteiger partial charge in [0, 0.05) is 37.4 Å². The van der Waals surface area contributed by atoms with Gasteiger partial charge >= 0.3 is 0 Å². The number of imidazole rings is 1. The van der Waals surface area contributed by atoms with Gasteiger partial charge in [0.25, 0.3) is 0 Å². The van der Waals surface area contributed by atoms with Crippen molar-refractivity contribution in [2.24, 2.45) is 0 Å². The maximum absolute atomic E-state index is 13.0. The van der Waals surface area contributed by atoms with Crippen molar-refractivity contribution in [2.45, 2.75) is 57.4 Å². The molecule has 24 heavy (non-hydrogen) atoms. The summed E-state index contributed by atoms with van der Waals surface area (Å²) in [5.41, 5.74) is 0.415. The van der Waals surface area contributed by atoms with Gasteiger partial charge in [0.05, 0.1) is 0 Å². The normalized spacial score (nSPS) is 20.0. The van der Waals surface area contributed by atoms with Gasteiger partial charge in [0.15, 0.2) is 5.76 Å². The van der Waals surface area contributed by atoms with Gasteiger partial charge in [-0.1, -0.05) is 5.16 Å². The van der Waals surface area contributed by atoms with Crippen LogP contribution >= 0.6 is 0 Å². The number of sulfonamides is 1. The van der Waals surface area contributed by atoms with Crippen molar-refractivity contribution in [2.75, 3.05) is 13.1 Å². The van der Waals surface area contributed by atoms with E-state index < -0.39 is 10.0 Å². The molecule has 2 aromatic heterocycles. The van der Waals surface area contributed by atoms with Crippen molar-refractivity contribution in [3.8, 4) is 0 Å². The zero-order chi connectivity index (χ0) is 17.5. The number of aryl methyl sites for hydroxylation is 2. The van der Waals surface area contributed by atoms with Crippen LogP contribution in [0.2, 0.25) is 0 Å². The van der Waals surface area contributed by atoms with Gasteiger partial charge in [0.2, 0.25) is 10.0 Å². The predicted octanol–water partition coefficient (Wildman–Crippen LogP) is 2.64. The van der Waals surface area contributed by atoms with Gasteiger partial charge in [-0.25, -0.2) is 13.4 Å². The summed E-state index contributed by atoms with van der Waals surface area (Å²) >= 11 is 0. The van der Waals surface area contributed by atoms with Crippen molar-refractivity contribution in [1.82, 2.24) is 19.0 Å². The Labute approximate surface area is 142 Å². The summed E-state index contributed by atoms with van der Waals surface area (Å²) in [5, 5.41) is 3.79. The van der Waals surface area contributed by atoms with Crippen molar-refractivity contribution in [3.63, 3.8) is 0 Å². The van der Waals surface area contributed by atoms with Gasteiger partial charge in [-0.3, -0.25) is 0 Å². The first-order chi connectivity index (χ1) is 11.3. The smallest absolute Gasteiger partial charge is 0.248 e. The van der Waals surface area contributed by atoms with Crippen LogP contribution in [0.1, 0.15) is 55.9 Å². The van der Waals surface area contributed by atoms with Crippen LogP contribution in [0, 0.1) is 13.8 Å². The molecular formula is C16H24N4O3S. The first-order valence-electron chi connectivity index (χ1n) is 8.28. The molecule has 1 aliphatic rings. The third-order valence-corrected chi connectivity index (χ3v) is 6.68. The molecule has 0 amide bonds. The number of aromatic nitrogens is 3. The fourth-order valence-electron chi connectivity index (χ4n) is 3.42. The second-order valence-electron chi connectivity index (χ2n) is 6.64. The molecule has 1 aliphatic heterocycles. The van der Waals surface area contributed by atoms with Crippen LogP contribution < -0.4 is 0 Å². The topological polar surface area (TPSA) is 81.2 Å². The van der Waals surface area contributed by atoms with E-state index in [1.165, 1.54) is 0 Å².